The number of nitrogens with zero attached hydrogens (tertiary/aromatic N) is 1. The van der Waals surface area contributed by atoms with Crippen LogP contribution in [0.25, 0.3) is 10.8 Å². The minimum absolute atomic E-state index is 0.00308. The van der Waals surface area contributed by atoms with Gasteiger partial charge in [-0.05, 0) is 11.5 Å². The third kappa shape index (κ3) is 4.68. The number of aliphatic hydroxyl groups is 3. The monoisotopic (exact) mass is 305 g/mol. The summed E-state index contributed by atoms with van der Waals surface area (Å²) in [6, 6.07) is 13.8. The lowest BCUT2D eigenvalue weighted by Gasteiger charge is -2.23. The molecule has 3 N–H and O–H groups in total. The highest BCUT2D eigenvalue weighted by atomic mass is 16.5. The molecule has 2 rings (SSSR count). The van der Waals surface area contributed by atoms with Crippen LogP contribution in [0.5, 0.6) is 5.75 Å². The maximum Gasteiger partial charge on any atom is 0.127 e. The van der Waals surface area contributed by atoms with E-state index in [1.807, 2.05) is 42.5 Å². The van der Waals surface area contributed by atoms with Crippen LogP contribution in [0.2, 0.25) is 0 Å². The molecule has 22 heavy (non-hydrogen) atoms. The molecular formula is C17H23NO4. The van der Waals surface area contributed by atoms with Crippen LogP contribution in [-0.2, 0) is 0 Å². The Balaban J connectivity index is 1.93. The summed E-state index contributed by atoms with van der Waals surface area (Å²) < 4.78 is 5.74. The van der Waals surface area contributed by atoms with Gasteiger partial charge in [0.25, 0.3) is 0 Å². The van der Waals surface area contributed by atoms with E-state index in [-0.39, 0.29) is 19.8 Å². The van der Waals surface area contributed by atoms with Crippen LogP contribution in [0.1, 0.15) is 0 Å². The van der Waals surface area contributed by atoms with Crippen LogP contribution < -0.4 is 4.74 Å². The smallest absolute Gasteiger partial charge is 0.127 e. The Labute approximate surface area is 130 Å². The van der Waals surface area contributed by atoms with E-state index in [1.54, 1.807) is 4.90 Å². The normalized spacial score (nSPS) is 12.7. The molecule has 0 bridgehead atoms. The van der Waals surface area contributed by atoms with Crippen molar-refractivity contribution < 1.29 is 20.1 Å². The third-order valence-corrected chi connectivity index (χ3v) is 3.48. The van der Waals surface area contributed by atoms with Gasteiger partial charge in [-0.1, -0.05) is 36.4 Å². The Morgan fingerprint density at radius 1 is 0.955 bits per heavy atom. The summed E-state index contributed by atoms with van der Waals surface area (Å²) >= 11 is 0. The van der Waals surface area contributed by atoms with Gasteiger partial charge in [0.15, 0.2) is 0 Å². The van der Waals surface area contributed by atoms with E-state index < -0.39 is 6.10 Å². The van der Waals surface area contributed by atoms with E-state index >= 15 is 0 Å². The highest BCUT2D eigenvalue weighted by molar-refractivity contribution is 5.88. The highest BCUT2D eigenvalue weighted by Crippen LogP contribution is 2.25. The quantitative estimate of drug-likeness (QED) is 0.641. The second-order valence-electron chi connectivity index (χ2n) is 5.19. The molecule has 0 fully saturated rings. The van der Waals surface area contributed by atoms with Crippen molar-refractivity contribution in [1.82, 2.24) is 4.90 Å². The molecular weight excluding hydrogens is 282 g/mol. The predicted octanol–water partition coefficient (Wildman–Crippen LogP) is 0.866. The molecule has 0 saturated heterocycles. The van der Waals surface area contributed by atoms with Crippen molar-refractivity contribution in [2.24, 2.45) is 0 Å². The van der Waals surface area contributed by atoms with Gasteiger partial charge < -0.3 is 20.1 Å². The molecule has 1 unspecified atom stereocenters. The van der Waals surface area contributed by atoms with Gasteiger partial charge in [-0.15, -0.1) is 0 Å². The van der Waals surface area contributed by atoms with Crippen molar-refractivity contribution in [2.45, 2.75) is 6.10 Å². The summed E-state index contributed by atoms with van der Waals surface area (Å²) in [5.74, 6) is 0.744. The molecule has 0 aliphatic heterocycles. The minimum Gasteiger partial charge on any atom is -0.490 e. The molecule has 0 radical (unpaired) electrons. The number of hydrogen-bond donors (Lipinski definition) is 3. The number of ether oxygens (including phenoxy) is 1. The zero-order valence-electron chi connectivity index (χ0n) is 12.6. The van der Waals surface area contributed by atoms with Gasteiger partial charge in [-0.3, -0.25) is 4.90 Å². The van der Waals surface area contributed by atoms with Gasteiger partial charge in [0, 0.05) is 25.0 Å². The second kappa shape index (κ2) is 8.70. The minimum atomic E-state index is -0.683. The predicted molar refractivity (Wildman–Crippen MR) is 86.1 cm³/mol. The molecule has 0 aliphatic rings. The van der Waals surface area contributed by atoms with E-state index in [2.05, 4.69) is 0 Å². The van der Waals surface area contributed by atoms with Gasteiger partial charge in [0.2, 0.25) is 0 Å². The maximum atomic E-state index is 10.1. The lowest BCUT2D eigenvalue weighted by atomic mass is 10.1. The lowest BCUT2D eigenvalue weighted by Crippen LogP contribution is -2.38. The van der Waals surface area contributed by atoms with Crippen molar-refractivity contribution in [3.8, 4) is 5.75 Å². The Bertz CT molecular complexity index is 564. The molecule has 0 spiro atoms. The van der Waals surface area contributed by atoms with E-state index in [0.29, 0.717) is 19.6 Å². The summed E-state index contributed by atoms with van der Waals surface area (Å²) in [6.07, 6.45) is -0.683. The first-order valence-electron chi connectivity index (χ1n) is 7.47. The van der Waals surface area contributed by atoms with Crippen LogP contribution in [0.4, 0.5) is 0 Å². The zero-order chi connectivity index (χ0) is 15.8. The van der Waals surface area contributed by atoms with Crippen LogP contribution in [-0.4, -0.2) is 65.8 Å². The van der Waals surface area contributed by atoms with Crippen LogP contribution in [0, 0.1) is 0 Å². The molecule has 1 atom stereocenters. The Morgan fingerprint density at radius 3 is 2.36 bits per heavy atom. The number of fused-ring (bicyclic) bond motifs is 1. The van der Waals surface area contributed by atoms with Crippen molar-refractivity contribution in [3.63, 3.8) is 0 Å². The molecule has 5 heteroatoms. The number of aliphatic hydroxyl groups excluding tert-OH is 3. The summed E-state index contributed by atoms with van der Waals surface area (Å²) in [7, 11) is 0. The van der Waals surface area contributed by atoms with Crippen molar-refractivity contribution >= 4 is 10.8 Å². The first kappa shape index (κ1) is 16.7. The molecule has 0 heterocycles. The fourth-order valence-electron chi connectivity index (χ4n) is 2.44. The third-order valence-electron chi connectivity index (χ3n) is 3.48. The van der Waals surface area contributed by atoms with E-state index in [1.165, 1.54) is 0 Å². The van der Waals surface area contributed by atoms with Crippen molar-refractivity contribution in [3.05, 3.63) is 42.5 Å². The number of benzene rings is 2. The summed E-state index contributed by atoms with van der Waals surface area (Å²) in [5, 5.41) is 30.1. The van der Waals surface area contributed by atoms with E-state index in [4.69, 9.17) is 14.9 Å². The second-order valence-corrected chi connectivity index (χ2v) is 5.19. The summed E-state index contributed by atoms with van der Waals surface area (Å²) in [6.45, 7) is 1.36. The van der Waals surface area contributed by atoms with Gasteiger partial charge in [0.1, 0.15) is 18.5 Å². The molecule has 0 aromatic heterocycles. The fourth-order valence-corrected chi connectivity index (χ4v) is 2.44. The van der Waals surface area contributed by atoms with Crippen LogP contribution in [0.15, 0.2) is 42.5 Å². The Morgan fingerprint density at radius 2 is 1.64 bits per heavy atom. The van der Waals surface area contributed by atoms with Crippen LogP contribution >= 0.6 is 0 Å². The van der Waals surface area contributed by atoms with Gasteiger partial charge >= 0.3 is 0 Å². The number of hydrogen-bond acceptors (Lipinski definition) is 5. The molecule has 0 saturated carbocycles. The Hall–Kier alpha value is -1.66. The first-order chi connectivity index (χ1) is 10.7. The largest absolute Gasteiger partial charge is 0.490 e. The average molecular weight is 305 g/mol. The fraction of sp³-hybridized carbons (Fsp3) is 0.412. The molecule has 2 aromatic carbocycles. The van der Waals surface area contributed by atoms with Crippen molar-refractivity contribution in [1.29, 1.82) is 0 Å². The van der Waals surface area contributed by atoms with Gasteiger partial charge in [-0.2, -0.15) is 0 Å². The highest BCUT2D eigenvalue weighted by Gasteiger charge is 2.12. The molecule has 120 valence electrons. The lowest BCUT2D eigenvalue weighted by molar-refractivity contribution is 0.0556. The molecule has 5 nitrogen and oxygen atoms in total. The van der Waals surface area contributed by atoms with Gasteiger partial charge in [0.05, 0.1) is 13.2 Å². The molecule has 0 aliphatic carbocycles. The Kier molecular flexibility index (Phi) is 6.61. The van der Waals surface area contributed by atoms with Crippen LogP contribution in [0.3, 0.4) is 0 Å². The standard InChI is InChI=1S/C17H23NO4/c19-10-8-18(9-11-20)12-15(21)13-22-17-7-3-5-14-4-1-2-6-16(14)17/h1-7,15,19-21H,8-13H2. The first-order valence-corrected chi connectivity index (χ1v) is 7.47. The van der Waals surface area contributed by atoms with E-state index in [0.717, 1.165) is 16.5 Å². The van der Waals surface area contributed by atoms with Gasteiger partial charge in [-0.25, -0.2) is 0 Å². The van der Waals surface area contributed by atoms with Crippen molar-refractivity contribution in [2.75, 3.05) is 39.5 Å². The maximum absolute atomic E-state index is 10.1. The molecule has 2 aromatic rings. The van der Waals surface area contributed by atoms with E-state index in [9.17, 15) is 5.11 Å². The average Bonchev–Trinajstić information content (AvgIpc) is 2.53. The number of rotatable bonds is 9. The topological polar surface area (TPSA) is 73.2 Å². The SMILES string of the molecule is OCCN(CCO)CC(O)COc1cccc2ccccc12. The summed E-state index contributed by atoms with van der Waals surface area (Å²) in [5.41, 5.74) is 0. The summed E-state index contributed by atoms with van der Waals surface area (Å²) in [4.78, 5) is 1.80. The zero-order valence-corrected chi connectivity index (χ0v) is 12.6. The molecule has 0 amide bonds.